The van der Waals surface area contributed by atoms with Gasteiger partial charge < -0.3 is 9.47 Å². The van der Waals surface area contributed by atoms with Crippen molar-refractivity contribution in [3.8, 4) is 17.6 Å². The van der Waals surface area contributed by atoms with Gasteiger partial charge in [-0.2, -0.15) is 10.3 Å². The van der Waals surface area contributed by atoms with E-state index in [0.29, 0.717) is 22.8 Å². The molecule has 0 radical (unpaired) electrons. The van der Waals surface area contributed by atoms with Gasteiger partial charge in [-0.25, -0.2) is 4.99 Å². The zero-order chi connectivity index (χ0) is 17.8. The second-order valence-electron chi connectivity index (χ2n) is 5.31. The zero-order valence-corrected chi connectivity index (χ0v) is 13.8. The van der Waals surface area contributed by atoms with Gasteiger partial charge in [0.05, 0.1) is 25.5 Å². The number of amides is 1. The predicted molar refractivity (Wildman–Crippen MR) is 94.8 cm³/mol. The Bertz CT molecular complexity index is 914. The molecule has 1 unspecified atom stereocenters. The molecule has 6 heteroatoms. The Labute approximate surface area is 145 Å². The number of ether oxygens (including phenoxy) is 2. The maximum absolute atomic E-state index is 12.2. The summed E-state index contributed by atoms with van der Waals surface area (Å²) in [6.07, 6.45) is 8.67. The zero-order valence-electron chi connectivity index (χ0n) is 13.8. The number of carbonyl (C=O) groups is 1. The van der Waals surface area contributed by atoms with E-state index in [2.05, 4.69) is 16.1 Å². The number of nitrogens with zero attached hydrogens (tertiary/aromatic N) is 3. The number of nitriles is 1. The van der Waals surface area contributed by atoms with Crippen molar-refractivity contribution in [3.63, 3.8) is 0 Å². The highest BCUT2D eigenvalue weighted by Crippen LogP contribution is 2.27. The highest BCUT2D eigenvalue weighted by molar-refractivity contribution is 6.26. The Kier molecular flexibility index (Phi) is 4.57. The van der Waals surface area contributed by atoms with Crippen LogP contribution in [0.15, 0.2) is 58.1 Å². The number of fused-ring (bicyclic) bond motifs is 1. The van der Waals surface area contributed by atoms with Crippen molar-refractivity contribution in [2.75, 3.05) is 14.2 Å². The lowest BCUT2D eigenvalue weighted by molar-refractivity contribution is -0.118. The van der Waals surface area contributed by atoms with Gasteiger partial charge in [0, 0.05) is 11.6 Å². The van der Waals surface area contributed by atoms with Gasteiger partial charge in [-0.05, 0) is 24.3 Å². The first-order chi connectivity index (χ1) is 12.2. The lowest BCUT2D eigenvalue weighted by Gasteiger charge is -2.17. The lowest BCUT2D eigenvalue weighted by Crippen LogP contribution is -2.27. The molecule has 1 aromatic carbocycles. The van der Waals surface area contributed by atoms with E-state index in [0.717, 1.165) is 0 Å². The van der Waals surface area contributed by atoms with Crippen molar-refractivity contribution in [1.29, 1.82) is 5.26 Å². The molecule has 0 fully saturated rings. The number of carbonyl (C=O) groups excluding carboxylic acids is 1. The van der Waals surface area contributed by atoms with Crippen molar-refractivity contribution in [2.45, 2.75) is 0 Å². The van der Waals surface area contributed by atoms with E-state index in [4.69, 9.17) is 9.47 Å². The molecule has 1 atom stereocenters. The van der Waals surface area contributed by atoms with E-state index in [-0.39, 0.29) is 17.3 Å². The van der Waals surface area contributed by atoms with Gasteiger partial charge >= 0.3 is 0 Å². The standard InChI is InChI=1S/C19H15N3O3/c1-24-14-8-7-12(17(10-14)25-2)9-13(11-20)18-21-16-6-4-3-5-15(16)19(23)22-18/h3-10,15H,1-2H3/b13-9+. The van der Waals surface area contributed by atoms with Crippen LogP contribution >= 0.6 is 0 Å². The second-order valence-corrected chi connectivity index (χ2v) is 5.31. The number of aliphatic imine (C=N–C) groups is 2. The van der Waals surface area contributed by atoms with E-state index >= 15 is 0 Å². The normalized spacial score (nSPS) is 18.8. The minimum atomic E-state index is -0.468. The summed E-state index contributed by atoms with van der Waals surface area (Å²) in [5.41, 5.74) is 1.43. The molecule has 0 saturated carbocycles. The average molecular weight is 333 g/mol. The second kappa shape index (κ2) is 6.97. The molecule has 0 saturated heterocycles. The molecule has 3 rings (SSSR count). The molecule has 0 bridgehead atoms. The van der Waals surface area contributed by atoms with Gasteiger partial charge in [-0.15, -0.1) is 0 Å². The molecule has 1 aromatic rings. The van der Waals surface area contributed by atoms with Crippen LogP contribution in [0.2, 0.25) is 0 Å². The molecule has 2 aliphatic rings. The monoisotopic (exact) mass is 333 g/mol. The molecule has 1 heterocycles. The molecule has 25 heavy (non-hydrogen) atoms. The Morgan fingerprint density at radius 2 is 2.08 bits per heavy atom. The van der Waals surface area contributed by atoms with Crippen LogP contribution in [-0.2, 0) is 4.79 Å². The highest BCUT2D eigenvalue weighted by Gasteiger charge is 2.27. The van der Waals surface area contributed by atoms with E-state index in [1.165, 1.54) is 7.11 Å². The first-order valence-electron chi connectivity index (χ1n) is 7.56. The van der Waals surface area contributed by atoms with Gasteiger partial charge in [0.2, 0.25) is 0 Å². The molecular formula is C19H15N3O3. The van der Waals surface area contributed by atoms with E-state index in [1.807, 2.05) is 0 Å². The summed E-state index contributed by atoms with van der Waals surface area (Å²) in [4.78, 5) is 20.5. The first-order valence-corrected chi connectivity index (χ1v) is 7.56. The van der Waals surface area contributed by atoms with Crippen molar-refractivity contribution in [3.05, 3.63) is 53.6 Å². The quantitative estimate of drug-likeness (QED) is 0.793. The lowest BCUT2D eigenvalue weighted by atomic mass is 9.96. The molecule has 1 amide bonds. The number of benzene rings is 1. The minimum Gasteiger partial charge on any atom is -0.497 e. The fourth-order valence-electron chi connectivity index (χ4n) is 2.53. The van der Waals surface area contributed by atoms with Crippen molar-refractivity contribution >= 4 is 23.5 Å². The van der Waals surface area contributed by atoms with Crippen LogP contribution in [0, 0.1) is 17.2 Å². The third-order valence-corrected chi connectivity index (χ3v) is 3.82. The fraction of sp³-hybridized carbons (Fsp3) is 0.158. The number of rotatable bonds is 4. The summed E-state index contributed by atoms with van der Waals surface area (Å²) in [7, 11) is 3.09. The number of hydrogen-bond acceptors (Lipinski definition) is 5. The smallest absolute Gasteiger partial charge is 0.260 e. The van der Waals surface area contributed by atoms with Crippen LogP contribution in [-0.4, -0.2) is 31.7 Å². The highest BCUT2D eigenvalue weighted by atomic mass is 16.5. The van der Waals surface area contributed by atoms with Gasteiger partial charge in [0.15, 0.2) is 5.84 Å². The van der Waals surface area contributed by atoms with Gasteiger partial charge in [0.1, 0.15) is 23.5 Å². The average Bonchev–Trinajstić information content (AvgIpc) is 2.66. The van der Waals surface area contributed by atoms with Crippen LogP contribution in [0.5, 0.6) is 11.5 Å². The molecule has 124 valence electrons. The topological polar surface area (TPSA) is 84.0 Å². The number of amidine groups is 1. The number of hydrogen-bond donors (Lipinski definition) is 0. The third kappa shape index (κ3) is 3.26. The first kappa shape index (κ1) is 16.4. The summed E-state index contributed by atoms with van der Waals surface area (Å²) in [5, 5.41) is 9.51. The summed E-state index contributed by atoms with van der Waals surface area (Å²) < 4.78 is 10.5. The maximum Gasteiger partial charge on any atom is 0.260 e. The summed E-state index contributed by atoms with van der Waals surface area (Å²) in [6, 6.07) is 7.29. The summed E-state index contributed by atoms with van der Waals surface area (Å²) in [6.45, 7) is 0. The molecule has 0 N–H and O–H groups in total. The molecule has 0 aromatic heterocycles. The summed E-state index contributed by atoms with van der Waals surface area (Å²) in [5.74, 6) is 0.491. The van der Waals surface area contributed by atoms with Crippen molar-refractivity contribution in [1.82, 2.24) is 0 Å². The fourth-order valence-corrected chi connectivity index (χ4v) is 2.53. The van der Waals surface area contributed by atoms with Crippen molar-refractivity contribution in [2.24, 2.45) is 15.9 Å². The van der Waals surface area contributed by atoms with Crippen LogP contribution in [0.25, 0.3) is 6.08 Å². The van der Waals surface area contributed by atoms with Gasteiger partial charge in [0.25, 0.3) is 5.91 Å². The van der Waals surface area contributed by atoms with Crippen LogP contribution in [0.4, 0.5) is 0 Å². The predicted octanol–water partition coefficient (Wildman–Crippen LogP) is 2.73. The maximum atomic E-state index is 12.2. The molecule has 1 aliphatic heterocycles. The summed E-state index contributed by atoms with van der Waals surface area (Å²) >= 11 is 0. The van der Waals surface area contributed by atoms with Crippen LogP contribution < -0.4 is 9.47 Å². The van der Waals surface area contributed by atoms with Crippen LogP contribution in [0.3, 0.4) is 0 Å². The Morgan fingerprint density at radius 3 is 2.80 bits per heavy atom. The largest absolute Gasteiger partial charge is 0.497 e. The van der Waals surface area contributed by atoms with Crippen LogP contribution in [0.1, 0.15) is 5.56 Å². The number of methoxy groups -OCH3 is 2. The minimum absolute atomic E-state index is 0.108. The molecule has 0 spiro atoms. The van der Waals surface area contributed by atoms with E-state index in [9.17, 15) is 10.1 Å². The third-order valence-electron chi connectivity index (χ3n) is 3.82. The SMILES string of the molecule is COc1ccc(/C=C(\C#N)C2=NC(=O)C3C=CC=CC3=N2)c(OC)c1. The molecular weight excluding hydrogens is 318 g/mol. The Morgan fingerprint density at radius 1 is 1.24 bits per heavy atom. The Balaban J connectivity index is 2.01. The Hall–Kier alpha value is -3.46. The van der Waals surface area contributed by atoms with Crippen molar-refractivity contribution < 1.29 is 14.3 Å². The van der Waals surface area contributed by atoms with E-state index < -0.39 is 5.92 Å². The van der Waals surface area contributed by atoms with E-state index in [1.54, 1.807) is 55.7 Å². The van der Waals surface area contributed by atoms with Gasteiger partial charge in [-0.3, -0.25) is 4.79 Å². The number of allylic oxidation sites excluding steroid dienone is 3. The molecule has 1 aliphatic carbocycles. The van der Waals surface area contributed by atoms with Gasteiger partial charge in [-0.1, -0.05) is 18.2 Å². The molecule has 6 nitrogen and oxygen atoms in total.